The molecule has 0 aromatic heterocycles. The first-order chi connectivity index (χ1) is 6.25. The Balaban J connectivity index is 2.31. The van der Waals surface area contributed by atoms with Crippen LogP contribution in [0.1, 0.15) is 5.56 Å². The van der Waals surface area contributed by atoms with Gasteiger partial charge in [0.1, 0.15) is 6.61 Å². The number of cyclic esters (lactones) is 1. The summed E-state index contributed by atoms with van der Waals surface area (Å²) < 4.78 is 4.79. The number of hydrogen-bond acceptors (Lipinski definition) is 2. The van der Waals surface area contributed by atoms with Gasteiger partial charge in [-0.15, -0.1) is 0 Å². The lowest BCUT2D eigenvalue weighted by atomic mass is 10.1. The number of hydrogen-bond donors (Lipinski definition) is 0. The largest absolute Gasteiger partial charge is 0.458 e. The van der Waals surface area contributed by atoms with E-state index in [-0.39, 0.29) is 5.97 Å². The van der Waals surface area contributed by atoms with E-state index in [4.69, 9.17) is 16.3 Å². The Bertz CT molecular complexity index is 365. The molecule has 2 nitrogen and oxygen atoms in total. The van der Waals surface area contributed by atoms with Crippen LogP contribution >= 0.6 is 11.6 Å². The lowest BCUT2D eigenvalue weighted by Crippen LogP contribution is -1.91. The highest BCUT2D eigenvalue weighted by Crippen LogP contribution is 2.21. The number of benzene rings is 1. The van der Waals surface area contributed by atoms with Gasteiger partial charge in [-0.25, -0.2) is 4.79 Å². The smallest absolute Gasteiger partial charge is 0.331 e. The van der Waals surface area contributed by atoms with Crippen LogP contribution in [0.5, 0.6) is 0 Å². The fourth-order valence-electron chi connectivity index (χ4n) is 1.21. The highest BCUT2D eigenvalue weighted by Gasteiger charge is 2.13. The van der Waals surface area contributed by atoms with E-state index in [0.717, 1.165) is 11.1 Å². The average Bonchev–Trinajstić information content (AvgIpc) is 2.53. The molecular formula is C10H7ClO2. The monoisotopic (exact) mass is 194 g/mol. The van der Waals surface area contributed by atoms with E-state index >= 15 is 0 Å². The van der Waals surface area contributed by atoms with E-state index in [1.807, 2.05) is 12.1 Å². The number of esters is 1. The summed E-state index contributed by atoms with van der Waals surface area (Å²) in [6.45, 7) is 0.362. The number of ether oxygens (including phenoxy) is 1. The van der Waals surface area contributed by atoms with Gasteiger partial charge >= 0.3 is 5.97 Å². The third-order valence-corrected chi connectivity index (χ3v) is 2.13. The maximum Gasteiger partial charge on any atom is 0.331 e. The van der Waals surface area contributed by atoms with Crippen LogP contribution < -0.4 is 0 Å². The maximum atomic E-state index is 10.8. The molecule has 1 aromatic rings. The fraction of sp³-hybridized carbons (Fsp3) is 0.100. The summed E-state index contributed by atoms with van der Waals surface area (Å²) in [5, 5.41) is 0.689. The first-order valence-electron chi connectivity index (χ1n) is 3.89. The lowest BCUT2D eigenvalue weighted by molar-refractivity contribution is -0.134. The van der Waals surface area contributed by atoms with Crippen molar-refractivity contribution < 1.29 is 9.53 Å². The van der Waals surface area contributed by atoms with Crippen molar-refractivity contribution in [1.82, 2.24) is 0 Å². The first-order valence-corrected chi connectivity index (χ1v) is 4.27. The van der Waals surface area contributed by atoms with Crippen molar-refractivity contribution in [3.8, 4) is 0 Å². The van der Waals surface area contributed by atoms with Crippen LogP contribution in [-0.2, 0) is 9.53 Å². The number of halogens is 1. The van der Waals surface area contributed by atoms with Gasteiger partial charge < -0.3 is 4.74 Å². The summed E-state index contributed by atoms with van der Waals surface area (Å²) in [7, 11) is 0. The second kappa shape index (κ2) is 3.23. The molecule has 1 aromatic carbocycles. The molecule has 0 amide bonds. The topological polar surface area (TPSA) is 26.3 Å². The van der Waals surface area contributed by atoms with Gasteiger partial charge in [0.05, 0.1) is 0 Å². The van der Waals surface area contributed by atoms with Gasteiger partial charge in [-0.05, 0) is 17.7 Å². The molecule has 3 heteroatoms. The molecule has 0 radical (unpaired) electrons. The maximum absolute atomic E-state index is 10.8. The van der Waals surface area contributed by atoms with Crippen molar-refractivity contribution in [3.63, 3.8) is 0 Å². The molecule has 0 saturated carbocycles. The zero-order valence-electron chi connectivity index (χ0n) is 6.79. The third-order valence-electron chi connectivity index (χ3n) is 1.88. The normalized spacial score (nSPS) is 15.5. The zero-order valence-corrected chi connectivity index (χ0v) is 7.54. The molecule has 0 fully saturated rings. The number of rotatable bonds is 1. The third kappa shape index (κ3) is 1.73. The molecule has 13 heavy (non-hydrogen) atoms. The minimum absolute atomic E-state index is 0.273. The van der Waals surface area contributed by atoms with Crippen LogP contribution in [0, 0.1) is 0 Å². The second-order valence-corrected chi connectivity index (χ2v) is 3.22. The SMILES string of the molecule is O=C1C=C(c2ccc(Cl)cc2)CO1. The van der Waals surface area contributed by atoms with Crippen molar-refractivity contribution in [1.29, 1.82) is 0 Å². The van der Waals surface area contributed by atoms with Gasteiger partial charge in [-0.3, -0.25) is 0 Å². The Hall–Kier alpha value is -1.28. The molecule has 1 heterocycles. The number of carbonyl (C=O) groups excluding carboxylic acids is 1. The summed E-state index contributed by atoms with van der Waals surface area (Å²) in [4.78, 5) is 10.8. The molecular weight excluding hydrogens is 188 g/mol. The summed E-state index contributed by atoms with van der Waals surface area (Å²) in [6.07, 6.45) is 1.50. The minimum atomic E-state index is -0.273. The molecule has 0 unspecified atom stereocenters. The van der Waals surface area contributed by atoms with Gasteiger partial charge in [0, 0.05) is 16.7 Å². The quantitative estimate of drug-likeness (QED) is 0.642. The molecule has 0 aliphatic carbocycles. The molecule has 1 aliphatic heterocycles. The van der Waals surface area contributed by atoms with Gasteiger partial charge in [0.2, 0.25) is 0 Å². The Morgan fingerprint density at radius 1 is 1.23 bits per heavy atom. The molecule has 0 spiro atoms. The molecule has 66 valence electrons. The summed E-state index contributed by atoms with van der Waals surface area (Å²) >= 11 is 5.73. The predicted octanol–water partition coefficient (Wildman–Crippen LogP) is 2.28. The predicted molar refractivity (Wildman–Crippen MR) is 50.4 cm³/mol. The molecule has 0 saturated heterocycles. The average molecular weight is 195 g/mol. The van der Waals surface area contributed by atoms with Crippen LogP contribution in [0.3, 0.4) is 0 Å². The van der Waals surface area contributed by atoms with Crippen LogP contribution in [0.2, 0.25) is 5.02 Å². The minimum Gasteiger partial charge on any atom is -0.458 e. The van der Waals surface area contributed by atoms with E-state index in [2.05, 4.69) is 0 Å². The van der Waals surface area contributed by atoms with E-state index < -0.39 is 0 Å². The first kappa shape index (κ1) is 8.32. The molecule has 0 N–H and O–H groups in total. The Morgan fingerprint density at radius 2 is 1.92 bits per heavy atom. The van der Waals surface area contributed by atoms with Crippen LogP contribution in [0.4, 0.5) is 0 Å². The van der Waals surface area contributed by atoms with Crippen LogP contribution in [0.25, 0.3) is 5.57 Å². The van der Waals surface area contributed by atoms with Gasteiger partial charge in [0.15, 0.2) is 0 Å². The molecule has 1 aliphatic rings. The summed E-state index contributed by atoms with van der Waals surface area (Å²) in [5.41, 5.74) is 1.89. The summed E-state index contributed by atoms with van der Waals surface area (Å²) in [6, 6.07) is 7.33. The van der Waals surface area contributed by atoms with E-state index in [1.54, 1.807) is 12.1 Å². The van der Waals surface area contributed by atoms with E-state index in [1.165, 1.54) is 6.08 Å². The Kier molecular flexibility index (Phi) is 2.07. The summed E-state index contributed by atoms with van der Waals surface area (Å²) in [5.74, 6) is -0.273. The van der Waals surface area contributed by atoms with Crippen molar-refractivity contribution >= 4 is 23.1 Å². The van der Waals surface area contributed by atoms with Gasteiger partial charge in [0.25, 0.3) is 0 Å². The van der Waals surface area contributed by atoms with E-state index in [9.17, 15) is 4.79 Å². The zero-order chi connectivity index (χ0) is 9.26. The van der Waals surface area contributed by atoms with Crippen molar-refractivity contribution in [2.75, 3.05) is 6.61 Å². The van der Waals surface area contributed by atoms with Crippen LogP contribution in [-0.4, -0.2) is 12.6 Å². The van der Waals surface area contributed by atoms with Crippen molar-refractivity contribution in [3.05, 3.63) is 40.9 Å². The highest BCUT2D eigenvalue weighted by atomic mass is 35.5. The van der Waals surface area contributed by atoms with Gasteiger partial charge in [-0.1, -0.05) is 23.7 Å². The highest BCUT2D eigenvalue weighted by molar-refractivity contribution is 6.30. The number of carbonyl (C=O) groups is 1. The van der Waals surface area contributed by atoms with E-state index in [0.29, 0.717) is 11.6 Å². The van der Waals surface area contributed by atoms with Crippen LogP contribution in [0.15, 0.2) is 30.3 Å². The fourth-order valence-corrected chi connectivity index (χ4v) is 1.33. The van der Waals surface area contributed by atoms with Crippen molar-refractivity contribution in [2.24, 2.45) is 0 Å². The van der Waals surface area contributed by atoms with Crippen molar-refractivity contribution in [2.45, 2.75) is 0 Å². The Labute approximate surface area is 80.8 Å². The Morgan fingerprint density at radius 3 is 2.46 bits per heavy atom. The standard InChI is InChI=1S/C10H7ClO2/c11-9-3-1-7(2-4-9)8-5-10(12)13-6-8/h1-5H,6H2. The lowest BCUT2D eigenvalue weighted by Gasteiger charge is -1.99. The second-order valence-electron chi connectivity index (χ2n) is 2.78. The molecule has 0 bridgehead atoms. The molecule has 2 rings (SSSR count). The molecule has 0 atom stereocenters. The van der Waals surface area contributed by atoms with Gasteiger partial charge in [-0.2, -0.15) is 0 Å².